The molecule has 6 heteroatoms. The number of piperidine rings is 1. The quantitative estimate of drug-likeness (QED) is 0.608. The lowest BCUT2D eigenvalue weighted by molar-refractivity contribution is -0.128. The summed E-state index contributed by atoms with van der Waals surface area (Å²) in [5.74, 6) is 0.184. The van der Waals surface area contributed by atoms with Crippen molar-refractivity contribution in [2.24, 2.45) is 5.92 Å². The van der Waals surface area contributed by atoms with Crippen molar-refractivity contribution in [3.63, 3.8) is 0 Å². The van der Waals surface area contributed by atoms with Crippen molar-refractivity contribution in [3.05, 3.63) is 0 Å². The first kappa shape index (κ1) is 15.9. The van der Waals surface area contributed by atoms with Gasteiger partial charge in [-0.2, -0.15) is 0 Å². The molecule has 1 fully saturated rings. The molecular formula is C13H26N4O2. The summed E-state index contributed by atoms with van der Waals surface area (Å²) in [6.45, 7) is 8.89. The van der Waals surface area contributed by atoms with Gasteiger partial charge in [-0.15, -0.1) is 0 Å². The highest BCUT2D eigenvalue weighted by atomic mass is 16.2. The maximum atomic E-state index is 11.6. The molecule has 19 heavy (non-hydrogen) atoms. The summed E-state index contributed by atoms with van der Waals surface area (Å²) in [5.41, 5.74) is 4.71. The van der Waals surface area contributed by atoms with E-state index < -0.39 is 0 Å². The van der Waals surface area contributed by atoms with Crippen molar-refractivity contribution in [1.82, 2.24) is 21.1 Å². The van der Waals surface area contributed by atoms with E-state index in [1.54, 1.807) is 0 Å². The summed E-state index contributed by atoms with van der Waals surface area (Å²) < 4.78 is 0. The standard InChI is InChI=1S/C13H26N4O2/c1-10(2)14-7-12-5-4-6-17(8-12)9-13(19)16-15-11(3)18/h10,12,14H,4-9H2,1-3H3,(H,15,18)(H,16,19). The van der Waals surface area contributed by atoms with Gasteiger partial charge in [0.2, 0.25) is 5.91 Å². The van der Waals surface area contributed by atoms with Gasteiger partial charge in [0.15, 0.2) is 0 Å². The molecule has 1 aliphatic heterocycles. The van der Waals surface area contributed by atoms with Crippen LogP contribution in [0.1, 0.15) is 33.6 Å². The lowest BCUT2D eigenvalue weighted by Crippen LogP contribution is -2.48. The van der Waals surface area contributed by atoms with Crippen LogP contribution in [0.3, 0.4) is 0 Å². The van der Waals surface area contributed by atoms with Gasteiger partial charge in [0.1, 0.15) is 0 Å². The van der Waals surface area contributed by atoms with Crippen LogP contribution in [0.25, 0.3) is 0 Å². The van der Waals surface area contributed by atoms with E-state index in [1.807, 2.05) is 0 Å². The molecule has 6 nitrogen and oxygen atoms in total. The largest absolute Gasteiger partial charge is 0.314 e. The number of likely N-dealkylation sites (tertiary alicyclic amines) is 1. The molecule has 0 saturated carbocycles. The van der Waals surface area contributed by atoms with Crippen LogP contribution in [0.4, 0.5) is 0 Å². The highest BCUT2D eigenvalue weighted by molar-refractivity contribution is 5.81. The fraction of sp³-hybridized carbons (Fsp3) is 0.846. The van der Waals surface area contributed by atoms with Gasteiger partial charge in [-0.1, -0.05) is 13.8 Å². The zero-order chi connectivity index (χ0) is 14.3. The van der Waals surface area contributed by atoms with E-state index in [-0.39, 0.29) is 11.8 Å². The molecule has 110 valence electrons. The van der Waals surface area contributed by atoms with Crippen molar-refractivity contribution >= 4 is 11.8 Å². The predicted octanol–water partition coefficient (Wildman–Crippen LogP) is -0.136. The van der Waals surface area contributed by atoms with Crippen LogP contribution in [0.15, 0.2) is 0 Å². The van der Waals surface area contributed by atoms with E-state index in [2.05, 4.69) is 34.9 Å². The number of nitrogens with one attached hydrogen (secondary N) is 3. The lowest BCUT2D eigenvalue weighted by atomic mass is 9.98. The highest BCUT2D eigenvalue weighted by Gasteiger charge is 2.21. The van der Waals surface area contributed by atoms with E-state index in [1.165, 1.54) is 13.3 Å². The molecule has 0 bridgehead atoms. The number of carbonyl (C=O) groups excluding carboxylic acids is 2. The Balaban J connectivity index is 2.26. The van der Waals surface area contributed by atoms with Gasteiger partial charge in [0.05, 0.1) is 6.54 Å². The molecule has 1 saturated heterocycles. The van der Waals surface area contributed by atoms with Crippen LogP contribution in [-0.4, -0.2) is 48.9 Å². The monoisotopic (exact) mass is 270 g/mol. The lowest BCUT2D eigenvalue weighted by Gasteiger charge is -2.32. The minimum absolute atomic E-state index is 0.160. The van der Waals surface area contributed by atoms with E-state index in [9.17, 15) is 9.59 Å². The van der Waals surface area contributed by atoms with E-state index >= 15 is 0 Å². The summed E-state index contributed by atoms with van der Waals surface area (Å²) >= 11 is 0. The van der Waals surface area contributed by atoms with Crippen LogP contribution >= 0.6 is 0 Å². The van der Waals surface area contributed by atoms with Crippen LogP contribution < -0.4 is 16.2 Å². The van der Waals surface area contributed by atoms with Crippen molar-refractivity contribution in [1.29, 1.82) is 0 Å². The first-order chi connectivity index (χ1) is 8.97. The molecule has 1 unspecified atom stereocenters. The molecule has 1 aliphatic rings. The normalized spacial score (nSPS) is 20.3. The molecule has 2 amide bonds. The Labute approximate surface area is 115 Å². The Bertz CT molecular complexity index is 307. The molecule has 0 spiro atoms. The molecule has 0 radical (unpaired) electrons. The summed E-state index contributed by atoms with van der Waals surface area (Å²) in [6, 6.07) is 0.499. The zero-order valence-corrected chi connectivity index (χ0v) is 12.2. The van der Waals surface area contributed by atoms with E-state index in [0.717, 1.165) is 26.1 Å². The van der Waals surface area contributed by atoms with Gasteiger partial charge in [-0.3, -0.25) is 25.3 Å². The third-order valence-electron chi connectivity index (χ3n) is 3.16. The van der Waals surface area contributed by atoms with Gasteiger partial charge < -0.3 is 5.32 Å². The van der Waals surface area contributed by atoms with Crippen LogP contribution in [-0.2, 0) is 9.59 Å². The average molecular weight is 270 g/mol. The molecule has 0 aliphatic carbocycles. The second-order valence-electron chi connectivity index (χ2n) is 5.54. The second kappa shape index (κ2) is 8.12. The predicted molar refractivity (Wildman–Crippen MR) is 74.3 cm³/mol. The molecule has 1 heterocycles. The number of carbonyl (C=O) groups is 2. The van der Waals surface area contributed by atoms with Crippen LogP contribution in [0, 0.1) is 5.92 Å². The topological polar surface area (TPSA) is 73.5 Å². The first-order valence-electron chi connectivity index (χ1n) is 6.98. The maximum Gasteiger partial charge on any atom is 0.252 e. The average Bonchev–Trinajstić information content (AvgIpc) is 2.34. The van der Waals surface area contributed by atoms with Crippen molar-refractivity contribution in [2.45, 2.75) is 39.7 Å². The fourth-order valence-corrected chi connectivity index (χ4v) is 2.26. The molecule has 1 rings (SSSR count). The SMILES string of the molecule is CC(=O)NNC(=O)CN1CCCC(CNC(C)C)C1. The van der Waals surface area contributed by atoms with E-state index in [4.69, 9.17) is 0 Å². The van der Waals surface area contributed by atoms with Crippen molar-refractivity contribution in [2.75, 3.05) is 26.2 Å². The number of hydrogen-bond acceptors (Lipinski definition) is 4. The number of hydrazine groups is 1. The van der Waals surface area contributed by atoms with Gasteiger partial charge in [0, 0.05) is 19.5 Å². The number of amides is 2. The summed E-state index contributed by atoms with van der Waals surface area (Å²) in [4.78, 5) is 24.4. The van der Waals surface area contributed by atoms with E-state index in [0.29, 0.717) is 18.5 Å². The Morgan fingerprint density at radius 2 is 2.05 bits per heavy atom. The number of rotatable bonds is 5. The molecule has 3 N–H and O–H groups in total. The Hall–Kier alpha value is -1.14. The molecule has 0 aromatic rings. The van der Waals surface area contributed by atoms with Crippen molar-refractivity contribution < 1.29 is 9.59 Å². The van der Waals surface area contributed by atoms with Gasteiger partial charge in [-0.05, 0) is 31.8 Å². The number of nitrogens with zero attached hydrogens (tertiary/aromatic N) is 1. The molecule has 1 atom stereocenters. The fourth-order valence-electron chi connectivity index (χ4n) is 2.26. The molecule has 0 aromatic carbocycles. The van der Waals surface area contributed by atoms with Crippen molar-refractivity contribution in [3.8, 4) is 0 Å². The van der Waals surface area contributed by atoms with Crippen LogP contribution in [0.5, 0.6) is 0 Å². The third-order valence-corrected chi connectivity index (χ3v) is 3.16. The Kier molecular flexibility index (Phi) is 6.80. The summed E-state index contributed by atoms with van der Waals surface area (Å²) in [7, 11) is 0. The Morgan fingerprint density at radius 3 is 2.68 bits per heavy atom. The maximum absolute atomic E-state index is 11.6. The zero-order valence-electron chi connectivity index (χ0n) is 12.2. The summed E-state index contributed by atoms with van der Waals surface area (Å²) in [6.07, 6.45) is 2.33. The second-order valence-corrected chi connectivity index (χ2v) is 5.54. The summed E-state index contributed by atoms with van der Waals surface area (Å²) in [5, 5.41) is 3.44. The molecule has 0 aromatic heterocycles. The minimum Gasteiger partial charge on any atom is -0.314 e. The van der Waals surface area contributed by atoms with Gasteiger partial charge >= 0.3 is 0 Å². The highest BCUT2D eigenvalue weighted by Crippen LogP contribution is 2.15. The minimum atomic E-state index is -0.258. The van der Waals surface area contributed by atoms with Gasteiger partial charge in [0.25, 0.3) is 5.91 Å². The van der Waals surface area contributed by atoms with Gasteiger partial charge in [-0.25, -0.2) is 0 Å². The number of hydrogen-bond donors (Lipinski definition) is 3. The molecular weight excluding hydrogens is 244 g/mol. The smallest absolute Gasteiger partial charge is 0.252 e. The van der Waals surface area contributed by atoms with Crippen LogP contribution in [0.2, 0.25) is 0 Å². The third kappa shape index (κ3) is 7.12. The Morgan fingerprint density at radius 1 is 1.32 bits per heavy atom. The first-order valence-corrected chi connectivity index (χ1v) is 6.98.